The van der Waals surface area contributed by atoms with Gasteiger partial charge in [-0.1, -0.05) is 0 Å². The van der Waals surface area contributed by atoms with E-state index in [2.05, 4.69) is 11.1 Å². The molecule has 0 heterocycles. The van der Waals surface area contributed by atoms with Crippen LogP contribution in [0.15, 0.2) is 18.2 Å². The quantitative estimate of drug-likeness (QED) is 0.775. The Morgan fingerprint density at radius 2 is 1.64 bits per heavy atom. The van der Waals surface area contributed by atoms with Crippen molar-refractivity contribution < 1.29 is 8.78 Å². The van der Waals surface area contributed by atoms with Gasteiger partial charge in [0.05, 0.1) is 0 Å². The van der Waals surface area contributed by atoms with Crippen molar-refractivity contribution in [1.82, 2.24) is 5.32 Å². The Kier molecular flexibility index (Phi) is 6.88. The fourth-order valence-corrected chi connectivity index (χ4v) is 1.02. The number of rotatable bonds is 3. The highest BCUT2D eigenvalue weighted by Gasteiger charge is 1.99. The van der Waals surface area contributed by atoms with Crippen LogP contribution in [0.5, 0.6) is 0 Å². The second-order valence-electron chi connectivity index (χ2n) is 2.63. The molecule has 0 saturated heterocycles. The zero-order valence-corrected chi connectivity index (χ0v) is 8.48. The molecule has 14 heavy (non-hydrogen) atoms. The molecule has 0 aliphatic heterocycles. The summed E-state index contributed by atoms with van der Waals surface area (Å²) in [6.07, 6.45) is 0.644. The SMILES string of the molecule is CN.CNCCc1cc(F)cc(F)c1. The van der Waals surface area contributed by atoms with Gasteiger partial charge in [-0.2, -0.15) is 0 Å². The van der Waals surface area contributed by atoms with Crippen LogP contribution in [0.4, 0.5) is 8.78 Å². The maximum Gasteiger partial charge on any atom is 0.126 e. The van der Waals surface area contributed by atoms with Gasteiger partial charge < -0.3 is 11.1 Å². The predicted octanol–water partition coefficient (Wildman–Crippen LogP) is 1.30. The Morgan fingerprint density at radius 3 is 2.07 bits per heavy atom. The molecule has 0 aromatic heterocycles. The Balaban J connectivity index is 0.000000791. The van der Waals surface area contributed by atoms with Crippen molar-refractivity contribution in [3.63, 3.8) is 0 Å². The standard InChI is InChI=1S/C9H11F2N.CH5N/c1-12-3-2-7-4-8(10)6-9(11)5-7;1-2/h4-6,12H,2-3H2,1H3;2H2,1H3. The smallest absolute Gasteiger partial charge is 0.126 e. The monoisotopic (exact) mass is 202 g/mol. The minimum Gasteiger partial charge on any atom is -0.333 e. The lowest BCUT2D eigenvalue weighted by atomic mass is 10.1. The molecule has 0 fully saturated rings. The van der Waals surface area contributed by atoms with Gasteiger partial charge in [-0.3, -0.25) is 0 Å². The number of nitrogens with one attached hydrogen (secondary N) is 1. The van der Waals surface area contributed by atoms with Crippen LogP contribution in [-0.2, 0) is 6.42 Å². The molecule has 0 spiro atoms. The van der Waals surface area contributed by atoms with Gasteiger partial charge in [0.15, 0.2) is 0 Å². The van der Waals surface area contributed by atoms with Crippen LogP contribution in [0.2, 0.25) is 0 Å². The lowest BCUT2D eigenvalue weighted by Gasteiger charge is -2.00. The molecule has 0 aliphatic carbocycles. The maximum absolute atomic E-state index is 12.6. The van der Waals surface area contributed by atoms with Crippen molar-refractivity contribution in [1.29, 1.82) is 0 Å². The predicted molar refractivity (Wildman–Crippen MR) is 54.1 cm³/mol. The van der Waals surface area contributed by atoms with Crippen molar-refractivity contribution in [2.75, 3.05) is 20.6 Å². The van der Waals surface area contributed by atoms with Crippen LogP contribution >= 0.6 is 0 Å². The lowest BCUT2D eigenvalue weighted by molar-refractivity contribution is 0.579. The molecular formula is C10H16F2N2. The summed E-state index contributed by atoms with van der Waals surface area (Å²) in [6.45, 7) is 0.725. The first kappa shape index (κ1) is 13.0. The van der Waals surface area contributed by atoms with Gasteiger partial charge >= 0.3 is 0 Å². The second-order valence-corrected chi connectivity index (χ2v) is 2.63. The number of nitrogens with two attached hydrogens (primary N) is 1. The molecule has 3 N–H and O–H groups in total. The van der Waals surface area contributed by atoms with Crippen LogP contribution in [0.3, 0.4) is 0 Å². The van der Waals surface area contributed by atoms with Gasteiger partial charge in [-0.05, 0) is 44.8 Å². The average molecular weight is 202 g/mol. The molecule has 0 amide bonds. The van der Waals surface area contributed by atoms with Gasteiger partial charge in [0.2, 0.25) is 0 Å². The third-order valence-corrected chi connectivity index (χ3v) is 1.59. The largest absolute Gasteiger partial charge is 0.333 e. The summed E-state index contributed by atoms with van der Waals surface area (Å²) in [7, 11) is 3.30. The molecule has 0 atom stereocenters. The Hall–Kier alpha value is -1.00. The Labute approximate surface area is 83.1 Å². The normalized spacial score (nSPS) is 9.21. The third-order valence-electron chi connectivity index (χ3n) is 1.59. The fourth-order valence-electron chi connectivity index (χ4n) is 1.02. The molecule has 1 aromatic carbocycles. The summed E-state index contributed by atoms with van der Waals surface area (Å²) in [5, 5.41) is 2.91. The van der Waals surface area contributed by atoms with E-state index in [4.69, 9.17) is 0 Å². The molecule has 1 rings (SSSR count). The highest BCUT2D eigenvalue weighted by atomic mass is 19.1. The molecule has 1 aromatic rings. The van der Waals surface area contributed by atoms with E-state index < -0.39 is 11.6 Å². The minimum absolute atomic E-state index is 0.513. The van der Waals surface area contributed by atoms with Crippen LogP contribution < -0.4 is 11.1 Å². The zero-order chi connectivity index (χ0) is 11.0. The molecule has 0 unspecified atom stereocenters. The Morgan fingerprint density at radius 1 is 1.14 bits per heavy atom. The summed E-state index contributed by atoms with van der Waals surface area (Å²) in [6, 6.07) is 3.57. The first-order valence-electron chi connectivity index (χ1n) is 4.39. The Bertz CT molecular complexity index is 244. The van der Waals surface area contributed by atoms with Crippen molar-refractivity contribution in [2.24, 2.45) is 5.73 Å². The number of hydrogen-bond donors (Lipinski definition) is 2. The molecule has 0 radical (unpaired) electrons. The van der Waals surface area contributed by atoms with E-state index in [9.17, 15) is 8.78 Å². The molecule has 0 aliphatic rings. The first-order valence-corrected chi connectivity index (χ1v) is 4.39. The number of likely N-dealkylation sites (N-methyl/N-ethyl adjacent to an activating group) is 1. The zero-order valence-electron chi connectivity index (χ0n) is 8.48. The molecule has 0 bridgehead atoms. The first-order chi connectivity index (χ1) is 6.72. The highest BCUT2D eigenvalue weighted by Crippen LogP contribution is 2.07. The average Bonchev–Trinajstić information content (AvgIpc) is 2.16. The van der Waals surface area contributed by atoms with Crippen molar-refractivity contribution in [3.8, 4) is 0 Å². The van der Waals surface area contributed by atoms with Crippen LogP contribution in [0.1, 0.15) is 5.56 Å². The lowest BCUT2D eigenvalue weighted by Crippen LogP contribution is -2.10. The van der Waals surface area contributed by atoms with Crippen LogP contribution in [0, 0.1) is 11.6 Å². The molecule has 4 heteroatoms. The van der Waals surface area contributed by atoms with E-state index in [1.54, 1.807) is 7.05 Å². The molecule has 2 nitrogen and oxygen atoms in total. The maximum atomic E-state index is 12.6. The summed E-state index contributed by atoms with van der Waals surface area (Å²) >= 11 is 0. The minimum atomic E-state index is -0.513. The van der Waals surface area contributed by atoms with E-state index >= 15 is 0 Å². The topological polar surface area (TPSA) is 38.0 Å². The van der Waals surface area contributed by atoms with Crippen molar-refractivity contribution in [3.05, 3.63) is 35.4 Å². The third kappa shape index (κ3) is 4.89. The van der Waals surface area contributed by atoms with E-state index in [-0.39, 0.29) is 0 Å². The summed E-state index contributed by atoms with van der Waals surface area (Å²) in [4.78, 5) is 0. The molecule has 80 valence electrons. The number of hydrogen-bond acceptors (Lipinski definition) is 2. The molecular weight excluding hydrogens is 186 g/mol. The van der Waals surface area contributed by atoms with E-state index in [1.165, 1.54) is 19.2 Å². The van der Waals surface area contributed by atoms with E-state index in [1.807, 2.05) is 0 Å². The molecule has 0 saturated carbocycles. The highest BCUT2D eigenvalue weighted by molar-refractivity contribution is 5.18. The van der Waals surface area contributed by atoms with Gasteiger partial charge in [0.25, 0.3) is 0 Å². The van der Waals surface area contributed by atoms with Gasteiger partial charge in [-0.25, -0.2) is 8.78 Å². The summed E-state index contributed by atoms with van der Waals surface area (Å²) in [5.74, 6) is -1.03. The van der Waals surface area contributed by atoms with E-state index in [0.29, 0.717) is 12.0 Å². The number of halogens is 2. The summed E-state index contributed by atoms with van der Waals surface area (Å²) in [5.41, 5.74) is 5.18. The number of benzene rings is 1. The second kappa shape index (κ2) is 7.41. The fraction of sp³-hybridized carbons (Fsp3) is 0.400. The van der Waals surface area contributed by atoms with Gasteiger partial charge in [0.1, 0.15) is 11.6 Å². The van der Waals surface area contributed by atoms with E-state index in [0.717, 1.165) is 12.6 Å². The van der Waals surface area contributed by atoms with Gasteiger partial charge in [-0.15, -0.1) is 0 Å². The van der Waals surface area contributed by atoms with Gasteiger partial charge in [0, 0.05) is 6.07 Å². The van der Waals surface area contributed by atoms with Crippen molar-refractivity contribution >= 4 is 0 Å². The van der Waals surface area contributed by atoms with Crippen molar-refractivity contribution in [2.45, 2.75) is 6.42 Å². The van der Waals surface area contributed by atoms with Crippen LogP contribution in [-0.4, -0.2) is 20.6 Å². The summed E-state index contributed by atoms with van der Waals surface area (Å²) < 4.78 is 25.2. The van der Waals surface area contributed by atoms with Crippen LogP contribution in [0.25, 0.3) is 0 Å².